The average molecular weight is 327 g/mol. The first-order chi connectivity index (χ1) is 11.4. The van der Waals surface area contributed by atoms with E-state index in [-0.39, 0.29) is 17.4 Å². The van der Waals surface area contributed by atoms with Crippen molar-refractivity contribution in [2.24, 2.45) is 0 Å². The molecule has 0 spiro atoms. The second kappa shape index (κ2) is 6.43. The van der Waals surface area contributed by atoms with Crippen LogP contribution in [0.5, 0.6) is 0 Å². The molecule has 126 valence electrons. The highest BCUT2D eigenvalue weighted by Crippen LogP contribution is 2.26. The predicted octanol–water partition coefficient (Wildman–Crippen LogP) is 1.17. The van der Waals surface area contributed by atoms with Crippen molar-refractivity contribution in [3.8, 4) is 0 Å². The number of hydrogen-bond acceptors (Lipinski definition) is 5. The molecule has 1 saturated heterocycles. The number of aromatic nitrogens is 3. The molecule has 0 bridgehead atoms. The van der Waals surface area contributed by atoms with Crippen molar-refractivity contribution in [3.05, 3.63) is 51.7 Å². The van der Waals surface area contributed by atoms with Gasteiger partial charge >= 0.3 is 0 Å². The molecule has 1 aliphatic rings. The first-order valence-corrected chi connectivity index (χ1v) is 7.94. The summed E-state index contributed by atoms with van der Waals surface area (Å²) in [6, 6.07) is 5.16. The fraction of sp³-hybridized carbons (Fsp3) is 0.412. The van der Waals surface area contributed by atoms with E-state index < -0.39 is 0 Å². The number of nitrogens with zero attached hydrogens (tertiary/aromatic N) is 4. The van der Waals surface area contributed by atoms with E-state index in [1.165, 1.54) is 6.07 Å². The van der Waals surface area contributed by atoms with Crippen LogP contribution in [0.4, 0.5) is 5.95 Å². The van der Waals surface area contributed by atoms with Crippen LogP contribution >= 0.6 is 0 Å². The molecule has 1 amide bonds. The molecule has 0 saturated carbocycles. The van der Waals surface area contributed by atoms with Gasteiger partial charge in [-0.25, -0.2) is 4.98 Å². The largest absolute Gasteiger partial charge is 0.348 e. The zero-order chi connectivity index (χ0) is 17.3. The molecular formula is C17H21N5O2. The Morgan fingerprint density at radius 3 is 2.83 bits per heavy atom. The van der Waals surface area contributed by atoms with Crippen LogP contribution in [0.2, 0.25) is 0 Å². The molecule has 2 aromatic rings. The van der Waals surface area contributed by atoms with Gasteiger partial charge in [0.15, 0.2) is 0 Å². The molecule has 1 atom stereocenters. The molecule has 1 fully saturated rings. The quantitative estimate of drug-likeness (QED) is 0.915. The van der Waals surface area contributed by atoms with Crippen molar-refractivity contribution in [2.75, 3.05) is 32.1 Å². The third-order valence-corrected chi connectivity index (χ3v) is 4.22. The standard InChI is InChI=1S/C17H21N5O2/c1-11-4-5-12(9-18-11)16(24)22-7-6-13(10-22)14-8-15(23)20-17(19-14)21(2)3/h4-5,8-9,13H,6-7,10H2,1-3H3,(H,19,20,23). The van der Waals surface area contributed by atoms with Crippen LogP contribution in [-0.4, -0.2) is 52.9 Å². The van der Waals surface area contributed by atoms with Gasteiger partial charge in [0.2, 0.25) is 5.95 Å². The Kier molecular flexibility index (Phi) is 4.33. The number of pyridine rings is 1. The summed E-state index contributed by atoms with van der Waals surface area (Å²) in [6.07, 6.45) is 2.41. The summed E-state index contributed by atoms with van der Waals surface area (Å²) in [7, 11) is 3.66. The number of H-pyrrole nitrogens is 1. The van der Waals surface area contributed by atoms with Gasteiger partial charge in [-0.2, -0.15) is 0 Å². The number of carbonyl (C=O) groups excluding carboxylic acids is 1. The van der Waals surface area contributed by atoms with E-state index in [0.29, 0.717) is 24.6 Å². The van der Waals surface area contributed by atoms with Crippen LogP contribution in [0.25, 0.3) is 0 Å². The molecule has 1 N–H and O–H groups in total. The zero-order valence-electron chi connectivity index (χ0n) is 14.1. The van der Waals surface area contributed by atoms with E-state index in [9.17, 15) is 9.59 Å². The number of likely N-dealkylation sites (tertiary alicyclic amines) is 1. The molecule has 3 rings (SSSR count). The molecule has 0 radical (unpaired) electrons. The monoisotopic (exact) mass is 327 g/mol. The summed E-state index contributed by atoms with van der Waals surface area (Å²) in [6.45, 7) is 3.11. The maximum atomic E-state index is 12.6. The van der Waals surface area contributed by atoms with Crippen LogP contribution in [0, 0.1) is 6.92 Å². The van der Waals surface area contributed by atoms with Gasteiger partial charge in [-0.15, -0.1) is 0 Å². The van der Waals surface area contributed by atoms with Crippen LogP contribution in [0.3, 0.4) is 0 Å². The van der Waals surface area contributed by atoms with E-state index in [0.717, 1.165) is 17.8 Å². The Balaban J connectivity index is 1.77. The molecule has 0 aromatic carbocycles. The fourth-order valence-electron chi connectivity index (χ4n) is 2.85. The fourth-order valence-corrected chi connectivity index (χ4v) is 2.85. The molecule has 24 heavy (non-hydrogen) atoms. The first-order valence-electron chi connectivity index (χ1n) is 7.94. The van der Waals surface area contributed by atoms with Crippen LogP contribution in [0.1, 0.15) is 34.1 Å². The van der Waals surface area contributed by atoms with E-state index >= 15 is 0 Å². The summed E-state index contributed by atoms with van der Waals surface area (Å²) in [5, 5.41) is 0. The molecular weight excluding hydrogens is 306 g/mol. The lowest BCUT2D eigenvalue weighted by Crippen LogP contribution is -2.29. The smallest absolute Gasteiger partial charge is 0.255 e. The Morgan fingerprint density at radius 2 is 2.17 bits per heavy atom. The number of rotatable bonds is 3. The molecule has 0 aliphatic carbocycles. The second-order valence-corrected chi connectivity index (χ2v) is 6.31. The van der Waals surface area contributed by atoms with Gasteiger partial charge in [0.05, 0.1) is 11.3 Å². The first kappa shape index (κ1) is 16.2. The number of anilines is 1. The van der Waals surface area contributed by atoms with E-state index in [1.54, 1.807) is 22.1 Å². The van der Waals surface area contributed by atoms with Gasteiger partial charge < -0.3 is 9.80 Å². The van der Waals surface area contributed by atoms with Crippen molar-refractivity contribution in [1.82, 2.24) is 19.9 Å². The van der Waals surface area contributed by atoms with Gasteiger partial charge in [0.25, 0.3) is 11.5 Å². The molecule has 1 unspecified atom stereocenters. The SMILES string of the molecule is Cc1ccc(C(=O)N2CCC(c3cc(=O)[nH]c(N(C)C)n3)C2)cn1. The molecule has 7 heteroatoms. The lowest BCUT2D eigenvalue weighted by Gasteiger charge is -2.17. The highest BCUT2D eigenvalue weighted by Gasteiger charge is 2.29. The van der Waals surface area contributed by atoms with Crippen molar-refractivity contribution in [1.29, 1.82) is 0 Å². The third kappa shape index (κ3) is 3.29. The minimum Gasteiger partial charge on any atom is -0.348 e. The highest BCUT2D eigenvalue weighted by molar-refractivity contribution is 5.94. The summed E-state index contributed by atoms with van der Waals surface area (Å²) in [5.41, 5.74) is 2.04. The predicted molar refractivity (Wildman–Crippen MR) is 91.4 cm³/mol. The lowest BCUT2D eigenvalue weighted by atomic mass is 10.1. The highest BCUT2D eigenvalue weighted by atomic mass is 16.2. The van der Waals surface area contributed by atoms with Gasteiger partial charge in [0, 0.05) is 51.1 Å². The lowest BCUT2D eigenvalue weighted by molar-refractivity contribution is 0.0790. The van der Waals surface area contributed by atoms with Crippen LogP contribution in [-0.2, 0) is 0 Å². The van der Waals surface area contributed by atoms with Crippen molar-refractivity contribution < 1.29 is 4.79 Å². The number of nitrogens with one attached hydrogen (secondary N) is 1. The maximum Gasteiger partial charge on any atom is 0.255 e. The zero-order valence-corrected chi connectivity index (χ0v) is 14.1. The Morgan fingerprint density at radius 1 is 1.38 bits per heavy atom. The maximum absolute atomic E-state index is 12.6. The van der Waals surface area contributed by atoms with Gasteiger partial charge in [0.1, 0.15) is 0 Å². The van der Waals surface area contributed by atoms with Crippen LogP contribution < -0.4 is 10.5 Å². The molecule has 7 nitrogen and oxygen atoms in total. The van der Waals surface area contributed by atoms with E-state index in [1.807, 2.05) is 27.1 Å². The van der Waals surface area contributed by atoms with Crippen molar-refractivity contribution >= 4 is 11.9 Å². The number of hydrogen-bond donors (Lipinski definition) is 1. The average Bonchev–Trinajstić information content (AvgIpc) is 3.04. The molecule has 1 aliphatic heterocycles. The summed E-state index contributed by atoms with van der Waals surface area (Å²) in [4.78, 5) is 39.4. The van der Waals surface area contributed by atoms with Gasteiger partial charge in [-0.1, -0.05) is 0 Å². The van der Waals surface area contributed by atoms with Crippen molar-refractivity contribution in [2.45, 2.75) is 19.3 Å². The number of carbonyl (C=O) groups is 1. The van der Waals surface area contributed by atoms with Crippen molar-refractivity contribution in [3.63, 3.8) is 0 Å². The number of aromatic amines is 1. The second-order valence-electron chi connectivity index (χ2n) is 6.31. The molecule has 2 aromatic heterocycles. The minimum atomic E-state index is -0.170. The Hall–Kier alpha value is -2.70. The summed E-state index contributed by atoms with van der Waals surface area (Å²) in [5.74, 6) is 0.584. The summed E-state index contributed by atoms with van der Waals surface area (Å²) < 4.78 is 0. The minimum absolute atomic E-state index is 0.0253. The van der Waals surface area contributed by atoms with Gasteiger partial charge in [-0.3, -0.25) is 19.6 Å². The Bertz CT molecular complexity index is 797. The van der Waals surface area contributed by atoms with E-state index in [2.05, 4.69) is 15.0 Å². The normalized spacial score (nSPS) is 17.1. The molecule has 3 heterocycles. The number of aryl methyl sites for hydroxylation is 1. The summed E-state index contributed by atoms with van der Waals surface area (Å²) >= 11 is 0. The van der Waals surface area contributed by atoms with E-state index in [4.69, 9.17) is 0 Å². The van der Waals surface area contributed by atoms with Gasteiger partial charge in [-0.05, 0) is 25.5 Å². The topological polar surface area (TPSA) is 82.2 Å². The Labute approximate surface area is 140 Å². The number of amides is 1. The van der Waals surface area contributed by atoms with Crippen LogP contribution in [0.15, 0.2) is 29.2 Å². The third-order valence-electron chi connectivity index (χ3n) is 4.22.